The Morgan fingerprint density at radius 1 is 1.31 bits per heavy atom. The van der Waals surface area contributed by atoms with E-state index < -0.39 is 0 Å². The summed E-state index contributed by atoms with van der Waals surface area (Å²) < 4.78 is 1.73. The molecule has 1 aromatic rings. The Labute approximate surface area is 95.5 Å². The number of imidazole rings is 1. The molecule has 0 radical (unpaired) electrons. The van der Waals surface area contributed by atoms with E-state index >= 15 is 0 Å². The Morgan fingerprint density at radius 2 is 2.00 bits per heavy atom. The number of hydrogen-bond acceptors (Lipinski definition) is 4. The van der Waals surface area contributed by atoms with Crippen molar-refractivity contribution in [3.8, 4) is 12.1 Å². The topological polar surface area (TPSA) is 68.6 Å². The summed E-state index contributed by atoms with van der Waals surface area (Å²) in [6, 6.07) is 3.93. The fraction of sp³-hybridized carbons (Fsp3) is 0.545. The Kier molecular flexibility index (Phi) is 4.50. The first-order valence-electron chi connectivity index (χ1n) is 5.34. The van der Waals surface area contributed by atoms with Gasteiger partial charge < -0.3 is 9.47 Å². The molecule has 0 aliphatic rings. The zero-order valence-corrected chi connectivity index (χ0v) is 9.64. The molecule has 0 aliphatic heterocycles. The molecule has 0 atom stereocenters. The fourth-order valence-electron chi connectivity index (χ4n) is 1.54. The summed E-state index contributed by atoms with van der Waals surface area (Å²) in [6.07, 6.45) is 1.56. The van der Waals surface area contributed by atoms with Gasteiger partial charge in [0.2, 0.25) is 0 Å². The zero-order chi connectivity index (χ0) is 12.0. The van der Waals surface area contributed by atoms with E-state index in [4.69, 9.17) is 10.5 Å². The quantitative estimate of drug-likeness (QED) is 0.737. The first kappa shape index (κ1) is 12.2. The van der Waals surface area contributed by atoms with Gasteiger partial charge in [0, 0.05) is 13.1 Å². The molecule has 0 N–H and O–H groups in total. The second kappa shape index (κ2) is 5.89. The molecule has 1 aromatic heterocycles. The number of nitrogens with zero attached hydrogens (tertiary/aromatic N) is 5. The number of nitriles is 2. The molecule has 0 aromatic carbocycles. The molecule has 0 amide bonds. The molecule has 1 rings (SSSR count). The van der Waals surface area contributed by atoms with E-state index in [1.54, 1.807) is 10.9 Å². The lowest BCUT2D eigenvalue weighted by Gasteiger charge is -2.18. The lowest BCUT2D eigenvalue weighted by molar-refractivity contribution is 0.290. The molecule has 0 saturated carbocycles. The summed E-state index contributed by atoms with van der Waals surface area (Å²) >= 11 is 0. The Hall–Kier alpha value is -1.85. The minimum absolute atomic E-state index is 0.210. The molecular formula is C11H15N5. The molecule has 0 aliphatic carbocycles. The second-order valence-electron chi connectivity index (χ2n) is 3.39. The average Bonchev–Trinajstić information content (AvgIpc) is 2.72. The van der Waals surface area contributed by atoms with E-state index in [-0.39, 0.29) is 5.69 Å². The summed E-state index contributed by atoms with van der Waals surface area (Å²) in [7, 11) is 0. The molecule has 16 heavy (non-hydrogen) atoms. The van der Waals surface area contributed by atoms with E-state index in [2.05, 4.69) is 23.7 Å². The van der Waals surface area contributed by atoms with Crippen LogP contribution in [-0.4, -0.2) is 34.1 Å². The van der Waals surface area contributed by atoms with Crippen molar-refractivity contribution in [2.75, 3.05) is 19.6 Å². The van der Waals surface area contributed by atoms with Crippen LogP contribution in [0.3, 0.4) is 0 Å². The van der Waals surface area contributed by atoms with Gasteiger partial charge in [0.05, 0.1) is 6.33 Å². The van der Waals surface area contributed by atoms with Crippen LogP contribution in [0.25, 0.3) is 0 Å². The van der Waals surface area contributed by atoms with Crippen LogP contribution in [0.1, 0.15) is 25.2 Å². The second-order valence-corrected chi connectivity index (χ2v) is 3.39. The van der Waals surface area contributed by atoms with E-state index in [1.807, 2.05) is 12.1 Å². The van der Waals surface area contributed by atoms with Crippen molar-refractivity contribution < 1.29 is 0 Å². The summed E-state index contributed by atoms with van der Waals surface area (Å²) in [6.45, 7) is 7.73. The van der Waals surface area contributed by atoms with Crippen molar-refractivity contribution in [3.05, 3.63) is 17.7 Å². The lowest BCUT2D eigenvalue weighted by Crippen LogP contribution is -2.27. The summed E-state index contributed by atoms with van der Waals surface area (Å²) in [5.74, 6) is 0. The molecule has 0 spiro atoms. The first-order chi connectivity index (χ1) is 7.76. The largest absolute Gasteiger partial charge is 0.320 e. The zero-order valence-electron chi connectivity index (χ0n) is 9.64. The maximum atomic E-state index is 8.92. The van der Waals surface area contributed by atoms with E-state index in [0.717, 1.165) is 19.6 Å². The number of hydrogen-bond donors (Lipinski definition) is 0. The average molecular weight is 217 g/mol. The van der Waals surface area contributed by atoms with Crippen LogP contribution in [0.2, 0.25) is 0 Å². The highest BCUT2D eigenvalue weighted by Gasteiger charge is 2.10. The molecule has 0 fully saturated rings. The Balaban J connectivity index is 2.72. The van der Waals surface area contributed by atoms with Crippen molar-refractivity contribution in [2.24, 2.45) is 0 Å². The molecule has 0 saturated heterocycles. The van der Waals surface area contributed by atoms with E-state index in [9.17, 15) is 0 Å². The SMILES string of the molecule is CCN(CC)CCn1cnc(C#N)c1C#N. The van der Waals surface area contributed by atoms with Gasteiger partial charge in [-0.25, -0.2) is 4.98 Å². The van der Waals surface area contributed by atoms with Gasteiger partial charge in [-0.05, 0) is 13.1 Å². The van der Waals surface area contributed by atoms with Crippen LogP contribution in [0, 0.1) is 22.7 Å². The maximum absolute atomic E-state index is 8.92. The fourth-order valence-corrected chi connectivity index (χ4v) is 1.54. The van der Waals surface area contributed by atoms with Crippen LogP contribution < -0.4 is 0 Å². The molecular weight excluding hydrogens is 202 g/mol. The third-order valence-corrected chi connectivity index (χ3v) is 2.60. The van der Waals surface area contributed by atoms with Gasteiger partial charge in [0.1, 0.15) is 12.1 Å². The molecule has 84 valence electrons. The highest BCUT2D eigenvalue weighted by molar-refractivity contribution is 5.35. The standard InChI is InChI=1S/C11H15N5/c1-3-15(4-2)5-6-16-9-14-10(7-12)11(16)8-13/h9H,3-6H2,1-2H3. The highest BCUT2D eigenvalue weighted by Crippen LogP contribution is 2.05. The smallest absolute Gasteiger partial charge is 0.176 e. The minimum Gasteiger partial charge on any atom is -0.320 e. The summed E-state index contributed by atoms with van der Waals surface area (Å²) in [4.78, 5) is 6.15. The predicted octanol–water partition coefficient (Wildman–Crippen LogP) is 0.968. The van der Waals surface area contributed by atoms with Crippen LogP contribution in [0.5, 0.6) is 0 Å². The lowest BCUT2D eigenvalue weighted by atomic mass is 10.3. The molecule has 0 unspecified atom stereocenters. The highest BCUT2D eigenvalue weighted by atomic mass is 15.2. The van der Waals surface area contributed by atoms with E-state index in [0.29, 0.717) is 12.2 Å². The van der Waals surface area contributed by atoms with Gasteiger partial charge in [-0.2, -0.15) is 10.5 Å². The van der Waals surface area contributed by atoms with Gasteiger partial charge in [-0.3, -0.25) is 0 Å². The third-order valence-electron chi connectivity index (χ3n) is 2.60. The Morgan fingerprint density at radius 3 is 2.50 bits per heavy atom. The van der Waals surface area contributed by atoms with Crippen LogP contribution in [-0.2, 0) is 6.54 Å². The predicted molar refractivity (Wildman–Crippen MR) is 59.4 cm³/mol. The van der Waals surface area contributed by atoms with Crippen LogP contribution >= 0.6 is 0 Å². The van der Waals surface area contributed by atoms with Crippen molar-refractivity contribution in [1.82, 2.24) is 14.5 Å². The monoisotopic (exact) mass is 217 g/mol. The van der Waals surface area contributed by atoms with E-state index in [1.165, 1.54) is 0 Å². The third kappa shape index (κ3) is 2.59. The van der Waals surface area contributed by atoms with Crippen molar-refractivity contribution in [2.45, 2.75) is 20.4 Å². The van der Waals surface area contributed by atoms with Crippen molar-refractivity contribution >= 4 is 0 Å². The number of aromatic nitrogens is 2. The molecule has 0 bridgehead atoms. The minimum atomic E-state index is 0.210. The van der Waals surface area contributed by atoms with Gasteiger partial charge >= 0.3 is 0 Å². The van der Waals surface area contributed by atoms with Crippen LogP contribution in [0.15, 0.2) is 6.33 Å². The molecule has 1 heterocycles. The molecule has 5 nitrogen and oxygen atoms in total. The van der Waals surface area contributed by atoms with Gasteiger partial charge in [-0.15, -0.1) is 0 Å². The summed E-state index contributed by atoms with van der Waals surface area (Å²) in [5.41, 5.74) is 0.566. The normalized spacial score (nSPS) is 10.1. The number of rotatable bonds is 5. The van der Waals surface area contributed by atoms with Crippen molar-refractivity contribution in [1.29, 1.82) is 10.5 Å². The maximum Gasteiger partial charge on any atom is 0.176 e. The number of likely N-dealkylation sites (N-methyl/N-ethyl adjacent to an activating group) is 1. The van der Waals surface area contributed by atoms with Crippen molar-refractivity contribution in [3.63, 3.8) is 0 Å². The van der Waals surface area contributed by atoms with Gasteiger partial charge in [0.15, 0.2) is 11.4 Å². The van der Waals surface area contributed by atoms with Gasteiger partial charge in [0.25, 0.3) is 0 Å². The first-order valence-corrected chi connectivity index (χ1v) is 5.34. The van der Waals surface area contributed by atoms with Crippen LogP contribution in [0.4, 0.5) is 0 Å². The van der Waals surface area contributed by atoms with Gasteiger partial charge in [-0.1, -0.05) is 13.8 Å². The summed E-state index contributed by atoms with van der Waals surface area (Å²) in [5, 5.41) is 17.7. The Bertz CT molecular complexity index is 417. The molecule has 5 heteroatoms.